The van der Waals surface area contributed by atoms with E-state index in [0.717, 1.165) is 6.07 Å². The van der Waals surface area contributed by atoms with Crippen molar-refractivity contribution in [1.29, 1.82) is 0 Å². The molecule has 1 aromatic carbocycles. The van der Waals surface area contributed by atoms with Crippen LogP contribution in [0.1, 0.15) is 10.4 Å². The average Bonchev–Trinajstić information content (AvgIpc) is 1.99. The van der Waals surface area contributed by atoms with E-state index in [1.165, 1.54) is 0 Å². The first-order chi connectivity index (χ1) is 5.95. The van der Waals surface area contributed by atoms with Crippen LogP contribution in [0.2, 0.25) is 0 Å². The summed E-state index contributed by atoms with van der Waals surface area (Å²) in [5.74, 6) is -4.11. The molecule has 1 N–H and O–H groups in total. The van der Waals surface area contributed by atoms with E-state index in [9.17, 15) is 13.6 Å². The second-order valence-electron chi connectivity index (χ2n) is 2.15. The van der Waals surface area contributed by atoms with Crippen LogP contribution in [-0.2, 0) is 0 Å². The molecular weight excluding hydrogens is 314 g/mol. The first-order valence-corrected chi connectivity index (χ1v) is 4.60. The minimum Gasteiger partial charge on any atom is -0.478 e. The molecule has 1 rings (SSSR count). The maximum absolute atomic E-state index is 13.0. The zero-order chi connectivity index (χ0) is 10.2. The van der Waals surface area contributed by atoms with Gasteiger partial charge in [0.05, 0.1) is 4.47 Å². The molecule has 0 spiro atoms. The molecule has 0 aliphatic carbocycles. The SMILES string of the molecule is O=C(O)c1c(Br)cc(Br)c(F)c1F. The van der Waals surface area contributed by atoms with Gasteiger partial charge in [-0.3, -0.25) is 0 Å². The molecule has 0 atom stereocenters. The van der Waals surface area contributed by atoms with Crippen LogP contribution in [0.5, 0.6) is 0 Å². The highest BCUT2D eigenvalue weighted by molar-refractivity contribution is 9.11. The van der Waals surface area contributed by atoms with Crippen molar-refractivity contribution in [1.82, 2.24) is 0 Å². The molecule has 0 aliphatic rings. The van der Waals surface area contributed by atoms with Crippen LogP contribution in [0, 0.1) is 11.6 Å². The first-order valence-electron chi connectivity index (χ1n) is 3.01. The number of aromatic carboxylic acids is 1. The van der Waals surface area contributed by atoms with E-state index in [-0.39, 0.29) is 8.95 Å². The predicted octanol–water partition coefficient (Wildman–Crippen LogP) is 3.19. The predicted molar refractivity (Wildman–Crippen MR) is 48.7 cm³/mol. The molecule has 1 aromatic rings. The van der Waals surface area contributed by atoms with Crippen molar-refractivity contribution in [2.24, 2.45) is 0 Å². The van der Waals surface area contributed by atoms with Gasteiger partial charge < -0.3 is 5.11 Å². The third kappa shape index (κ3) is 1.88. The van der Waals surface area contributed by atoms with Crippen LogP contribution in [0.3, 0.4) is 0 Å². The van der Waals surface area contributed by atoms with Crippen LogP contribution in [0.15, 0.2) is 15.0 Å². The van der Waals surface area contributed by atoms with E-state index in [0.29, 0.717) is 0 Å². The lowest BCUT2D eigenvalue weighted by molar-refractivity contribution is 0.0689. The van der Waals surface area contributed by atoms with Crippen molar-refractivity contribution in [3.05, 3.63) is 32.2 Å². The van der Waals surface area contributed by atoms with Crippen LogP contribution in [-0.4, -0.2) is 11.1 Å². The third-order valence-corrected chi connectivity index (χ3v) is 2.53. The fraction of sp³-hybridized carbons (Fsp3) is 0. The molecule has 0 amide bonds. The molecular formula is C7H2Br2F2O2. The Hall–Kier alpha value is -0.490. The maximum atomic E-state index is 13.0. The van der Waals surface area contributed by atoms with E-state index < -0.39 is 23.2 Å². The van der Waals surface area contributed by atoms with Crippen molar-refractivity contribution in [2.75, 3.05) is 0 Å². The van der Waals surface area contributed by atoms with E-state index in [1.54, 1.807) is 0 Å². The zero-order valence-corrected chi connectivity index (χ0v) is 9.12. The number of hydrogen-bond acceptors (Lipinski definition) is 1. The smallest absolute Gasteiger partial charge is 0.339 e. The lowest BCUT2D eigenvalue weighted by atomic mass is 10.2. The Labute approximate surface area is 88.8 Å². The van der Waals surface area contributed by atoms with Crippen LogP contribution >= 0.6 is 31.9 Å². The molecule has 0 heterocycles. The van der Waals surface area contributed by atoms with Gasteiger partial charge in [0.2, 0.25) is 0 Å². The Bertz CT molecular complexity index is 379. The lowest BCUT2D eigenvalue weighted by Gasteiger charge is -2.03. The van der Waals surface area contributed by atoms with Crippen LogP contribution in [0.25, 0.3) is 0 Å². The Morgan fingerprint density at radius 1 is 1.23 bits per heavy atom. The van der Waals surface area contributed by atoms with Gasteiger partial charge in [-0.1, -0.05) is 0 Å². The summed E-state index contributed by atoms with van der Waals surface area (Å²) in [7, 11) is 0. The molecule has 13 heavy (non-hydrogen) atoms. The van der Waals surface area contributed by atoms with Gasteiger partial charge in [0.25, 0.3) is 0 Å². The molecule has 0 aromatic heterocycles. The third-order valence-electron chi connectivity index (χ3n) is 1.33. The molecule has 0 unspecified atom stereocenters. The average molecular weight is 316 g/mol. The summed E-state index contributed by atoms with van der Waals surface area (Å²) in [4.78, 5) is 10.5. The molecule has 6 heteroatoms. The number of carboxylic acids is 1. The monoisotopic (exact) mass is 314 g/mol. The van der Waals surface area contributed by atoms with Gasteiger partial charge in [-0.25, -0.2) is 13.6 Å². The minimum absolute atomic E-state index is 0.00854. The highest BCUT2D eigenvalue weighted by atomic mass is 79.9. The molecule has 0 fully saturated rings. The lowest BCUT2D eigenvalue weighted by Crippen LogP contribution is -2.04. The highest BCUT2D eigenvalue weighted by Gasteiger charge is 2.20. The fourth-order valence-corrected chi connectivity index (χ4v) is 2.04. The zero-order valence-electron chi connectivity index (χ0n) is 5.94. The molecule has 0 saturated carbocycles. The Morgan fingerprint density at radius 3 is 2.23 bits per heavy atom. The van der Waals surface area contributed by atoms with E-state index >= 15 is 0 Å². The van der Waals surface area contributed by atoms with Crippen molar-refractivity contribution in [3.8, 4) is 0 Å². The van der Waals surface area contributed by atoms with Crippen LogP contribution < -0.4 is 0 Å². The van der Waals surface area contributed by atoms with Gasteiger partial charge in [-0.15, -0.1) is 0 Å². The Morgan fingerprint density at radius 2 is 1.77 bits per heavy atom. The van der Waals surface area contributed by atoms with Crippen molar-refractivity contribution in [2.45, 2.75) is 0 Å². The molecule has 70 valence electrons. The topological polar surface area (TPSA) is 37.3 Å². The van der Waals surface area contributed by atoms with Gasteiger partial charge in [0, 0.05) is 4.47 Å². The standard InChI is InChI=1S/C7H2Br2F2O2/c8-2-1-3(9)5(10)6(11)4(2)7(12)13/h1H,(H,12,13). The second kappa shape index (κ2) is 3.71. The summed E-state index contributed by atoms with van der Waals surface area (Å²) in [5.41, 5.74) is -0.708. The molecule has 0 saturated heterocycles. The normalized spacial score (nSPS) is 10.2. The van der Waals surface area contributed by atoms with Crippen molar-refractivity contribution in [3.63, 3.8) is 0 Å². The van der Waals surface area contributed by atoms with Gasteiger partial charge in [0.1, 0.15) is 5.56 Å². The quantitative estimate of drug-likeness (QED) is 0.638. The number of rotatable bonds is 1. The molecule has 0 aliphatic heterocycles. The number of carboxylic acid groups (broad SMARTS) is 1. The summed E-state index contributed by atoms with van der Waals surface area (Å²) < 4.78 is 25.7. The van der Waals surface area contributed by atoms with Gasteiger partial charge in [-0.2, -0.15) is 0 Å². The van der Waals surface area contributed by atoms with Crippen molar-refractivity contribution < 1.29 is 18.7 Å². The number of hydrogen-bond donors (Lipinski definition) is 1. The maximum Gasteiger partial charge on any atom is 0.339 e. The molecule has 0 bridgehead atoms. The van der Waals surface area contributed by atoms with Crippen LogP contribution in [0.4, 0.5) is 8.78 Å². The summed E-state index contributed by atoms with van der Waals surface area (Å²) in [6.07, 6.45) is 0. The highest BCUT2D eigenvalue weighted by Crippen LogP contribution is 2.28. The second-order valence-corrected chi connectivity index (χ2v) is 3.86. The van der Waals surface area contributed by atoms with E-state index in [1.807, 2.05) is 0 Å². The first kappa shape index (κ1) is 10.6. The molecule has 2 nitrogen and oxygen atoms in total. The Kier molecular flexibility index (Phi) is 3.02. The summed E-state index contributed by atoms with van der Waals surface area (Å²) in [6.45, 7) is 0. The van der Waals surface area contributed by atoms with Gasteiger partial charge in [-0.05, 0) is 37.9 Å². The van der Waals surface area contributed by atoms with Gasteiger partial charge in [0.15, 0.2) is 11.6 Å². The minimum atomic E-state index is -1.52. The summed E-state index contributed by atoms with van der Waals surface area (Å²) >= 11 is 5.56. The fourth-order valence-electron chi connectivity index (χ4n) is 0.762. The van der Waals surface area contributed by atoms with E-state index in [4.69, 9.17) is 5.11 Å². The largest absolute Gasteiger partial charge is 0.478 e. The summed E-state index contributed by atoms with van der Waals surface area (Å²) in [5, 5.41) is 8.51. The number of benzene rings is 1. The number of halogens is 4. The summed E-state index contributed by atoms with van der Waals surface area (Å²) in [6, 6.07) is 1.14. The Balaban J connectivity index is 3.53. The van der Waals surface area contributed by atoms with Crippen molar-refractivity contribution >= 4 is 37.8 Å². The van der Waals surface area contributed by atoms with Gasteiger partial charge >= 0.3 is 5.97 Å². The number of carbonyl (C=O) groups is 1. The molecule has 0 radical (unpaired) electrons. The van der Waals surface area contributed by atoms with E-state index in [2.05, 4.69) is 31.9 Å².